The number of aryl methyl sites for hydroxylation is 1. The van der Waals surface area contributed by atoms with Crippen LogP contribution in [0.5, 0.6) is 0 Å². The first kappa shape index (κ1) is 20.6. The molecule has 2 saturated heterocycles. The van der Waals surface area contributed by atoms with Crippen LogP contribution in [0.15, 0.2) is 4.79 Å². The van der Waals surface area contributed by atoms with Gasteiger partial charge in [0.2, 0.25) is 5.91 Å². The maximum atomic E-state index is 13.0. The lowest BCUT2D eigenvalue weighted by Gasteiger charge is -2.35. The van der Waals surface area contributed by atoms with Crippen molar-refractivity contribution in [1.82, 2.24) is 24.7 Å². The van der Waals surface area contributed by atoms with Crippen LogP contribution < -0.4 is 10.9 Å². The Labute approximate surface area is 175 Å². The van der Waals surface area contributed by atoms with E-state index in [-0.39, 0.29) is 29.7 Å². The quantitative estimate of drug-likeness (QED) is 0.720. The Hall–Kier alpha value is -2.71. The zero-order valence-corrected chi connectivity index (χ0v) is 17.6. The van der Waals surface area contributed by atoms with Gasteiger partial charge in [0, 0.05) is 49.8 Å². The van der Waals surface area contributed by atoms with Gasteiger partial charge in [-0.2, -0.15) is 4.98 Å². The number of likely N-dealkylation sites (tertiary alicyclic amines) is 1. The van der Waals surface area contributed by atoms with Crippen LogP contribution in [0.1, 0.15) is 62.0 Å². The summed E-state index contributed by atoms with van der Waals surface area (Å²) in [6.45, 7) is 6.10. The molecular weight excluding hydrogens is 386 g/mol. The van der Waals surface area contributed by atoms with Gasteiger partial charge in [-0.15, -0.1) is 0 Å². The first-order valence-corrected chi connectivity index (χ1v) is 10.9. The van der Waals surface area contributed by atoms with Crippen molar-refractivity contribution in [1.29, 1.82) is 0 Å². The van der Waals surface area contributed by atoms with E-state index in [0.29, 0.717) is 31.6 Å². The van der Waals surface area contributed by atoms with Crippen LogP contribution in [-0.4, -0.2) is 62.9 Å². The lowest BCUT2D eigenvalue weighted by atomic mass is 9.91. The zero-order valence-electron chi connectivity index (χ0n) is 17.6. The SMILES string of the molecule is CCCN1C(=O)N[C@@H](CC(=O)N2CCC[C@H](c3c(C)c(=O)nc4n3CCC4)C2)C1=O. The van der Waals surface area contributed by atoms with Gasteiger partial charge in [-0.1, -0.05) is 6.92 Å². The van der Waals surface area contributed by atoms with Crippen LogP contribution >= 0.6 is 0 Å². The molecule has 9 nitrogen and oxygen atoms in total. The molecule has 2 atom stereocenters. The Bertz CT molecular complexity index is 940. The maximum absolute atomic E-state index is 13.0. The lowest BCUT2D eigenvalue weighted by Crippen LogP contribution is -2.44. The van der Waals surface area contributed by atoms with Crippen molar-refractivity contribution in [2.75, 3.05) is 19.6 Å². The second-order valence-corrected chi connectivity index (χ2v) is 8.47. The predicted octanol–water partition coefficient (Wildman–Crippen LogP) is 0.924. The smallest absolute Gasteiger partial charge is 0.324 e. The number of amides is 4. The van der Waals surface area contributed by atoms with Crippen molar-refractivity contribution < 1.29 is 14.4 Å². The van der Waals surface area contributed by atoms with E-state index in [0.717, 1.165) is 43.7 Å². The molecule has 3 aliphatic rings. The van der Waals surface area contributed by atoms with E-state index in [2.05, 4.69) is 14.9 Å². The van der Waals surface area contributed by atoms with Crippen molar-refractivity contribution in [3.8, 4) is 0 Å². The van der Waals surface area contributed by atoms with Gasteiger partial charge in [-0.05, 0) is 32.6 Å². The number of carbonyl (C=O) groups is 3. The average Bonchev–Trinajstić information content (AvgIpc) is 3.28. The third kappa shape index (κ3) is 3.61. The predicted molar refractivity (Wildman–Crippen MR) is 109 cm³/mol. The molecule has 0 bridgehead atoms. The molecular formula is C21H29N5O4. The number of nitrogens with zero attached hydrogens (tertiary/aromatic N) is 4. The summed E-state index contributed by atoms with van der Waals surface area (Å²) in [5.74, 6) is 0.477. The molecule has 9 heteroatoms. The van der Waals surface area contributed by atoms with E-state index in [4.69, 9.17) is 0 Å². The Morgan fingerprint density at radius 3 is 2.77 bits per heavy atom. The van der Waals surface area contributed by atoms with Crippen molar-refractivity contribution >= 4 is 17.8 Å². The third-order valence-corrected chi connectivity index (χ3v) is 6.41. The van der Waals surface area contributed by atoms with Gasteiger partial charge in [0.1, 0.15) is 11.9 Å². The van der Waals surface area contributed by atoms with E-state index in [1.54, 1.807) is 4.90 Å². The second kappa shape index (κ2) is 8.20. The van der Waals surface area contributed by atoms with Crippen LogP contribution in [0.25, 0.3) is 0 Å². The van der Waals surface area contributed by atoms with Crippen molar-refractivity contribution in [2.45, 2.75) is 70.9 Å². The molecule has 4 rings (SSSR count). The zero-order chi connectivity index (χ0) is 21.4. The van der Waals surface area contributed by atoms with Crippen molar-refractivity contribution in [3.63, 3.8) is 0 Å². The van der Waals surface area contributed by atoms with E-state index < -0.39 is 12.1 Å². The minimum atomic E-state index is -0.786. The molecule has 0 radical (unpaired) electrons. The fourth-order valence-corrected chi connectivity index (χ4v) is 4.96. The number of carbonyl (C=O) groups excluding carboxylic acids is 3. The molecule has 0 unspecified atom stereocenters. The lowest BCUT2D eigenvalue weighted by molar-refractivity contribution is -0.136. The van der Waals surface area contributed by atoms with E-state index >= 15 is 0 Å². The molecule has 4 heterocycles. The first-order chi connectivity index (χ1) is 14.4. The topological polar surface area (TPSA) is 105 Å². The fraction of sp³-hybridized carbons (Fsp3) is 0.667. The number of piperidine rings is 1. The summed E-state index contributed by atoms with van der Waals surface area (Å²) >= 11 is 0. The van der Waals surface area contributed by atoms with Gasteiger partial charge in [-0.3, -0.25) is 19.3 Å². The Kier molecular flexibility index (Phi) is 5.62. The summed E-state index contributed by atoms with van der Waals surface area (Å²) in [5, 5.41) is 2.64. The largest absolute Gasteiger partial charge is 0.342 e. The number of urea groups is 1. The number of aromatic nitrogens is 2. The van der Waals surface area contributed by atoms with Crippen molar-refractivity contribution in [3.05, 3.63) is 27.4 Å². The van der Waals surface area contributed by atoms with Gasteiger partial charge < -0.3 is 14.8 Å². The van der Waals surface area contributed by atoms with E-state index in [9.17, 15) is 19.2 Å². The monoisotopic (exact) mass is 415 g/mol. The summed E-state index contributed by atoms with van der Waals surface area (Å²) in [7, 11) is 0. The molecule has 0 saturated carbocycles. The molecule has 2 fully saturated rings. The van der Waals surface area contributed by atoms with Crippen LogP contribution in [0.2, 0.25) is 0 Å². The van der Waals surface area contributed by atoms with Gasteiger partial charge in [0.25, 0.3) is 11.5 Å². The Balaban J connectivity index is 1.48. The minimum absolute atomic E-state index is 0.0229. The van der Waals surface area contributed by atoms with Crippen LogP contribution in [-0.2, 0) is 22.6 Å². The van der Waals surface area contributed by atoms with Gasteiger partial charge in [0.15, 0.2) is 0 Å². The molecule has 4 amide bonds. The first-order valence-electron chi connectivity index (χ1n) is 10.9. The van der Waals surface area contributed by atoms with Gasteiger partial charge >= 0.3 is 6.03 Å². The minimum Gasteiger partial charge on any atom is -0.342 e. The van der Waals surface area contributed by atoms with Crippen LogP contribution in [0.3, 0.4) is 0 Å². The van der Waals surface area contributed by atoms with E-state index in [1.165, 1.54) is 4.90 Å². The van der Waals surface area contributed by atoms with Crippen LogP contribution in [0, 0.1) is 6.92 Å². The normalized spacial score (nSPS) is 23.7. The summed E-state index contributed by atoms with van der Waals surface area (Å²) in [6, 6.07) is -1.20. The highest BCUT2D eigenvalue weighted by molar-refractivity contribution is 6.05. The summed E-state index contributed by atoms with van der Waals surface area (Å²) in [6.07, 6.45) is 4.21. The standard InChI is InChI=1S/C21H29N5O4/c1-3-8-26-20(29)15(22-21(26)30)11-17(27)24-9-4-6-14(12-24)18-13(2)19(28)23-16-7-5-10-25(16)18/h14-15H,3-12H2,1-2H3,(H,22,30)/t14-,15-/m0/s1. The third-order valence-electron chi connectivity index (χ3n) is 6.41. The molecule has 0 spiro atoms. The molecule has 1 aromatic rings. The highest BCUT2D eigenvalue weighted by atomic mass is 16.2. The molecule has 30 heavy (non-hydrogen) atoms. The Morgan fingerprint density at radius 1 is 1.20 bits per heavy atom. The molecule has 162 valence electrons. The maximum Gasteiger partial charge on any atom is 0.324 e. The Morgan fingerprint density at radius 2 is 2.00 bits per heavy atom. The van der Waals surface area contributed by atoms with Crippen molar-refractivity contribution in [2.24, 2.45) is 0 Å². The number of fused-ring (bicyclic) bond motifs is 1. The number of imide groups is 1. The number of hydrogen-bond acceptors (Lipinski definition) is 5. The average molecular weight is 415 g/mol. The molecule has 0 aliphatic carbocycles. The summed E-state index contributed by atoms with van der Waals surface area (Å²) < 4.78 is 2.17. The van der Waals surface area contributed by atoms with Gasteiger partial charge in [0.05, 0.1) is 6.42 Å². The number of rotatable bonds is 5. The molecule has 1 N–H and O–H groups in total. The molecule has 1 aromatic heterocycles. The second-order valence-electron chi connectivity index (χ2n) is 8.47. The van der Waals surface area contributed by atoms with E-state index in [1.807, 2.05) is 13.8 Å². The highest BCUT2D eigenvalue weighted by Crippen LogP contribution is 2.31. The number of nitrogens with one attached hydrogen (secondary N) is 1. The van der Waals surface area contributed by atoms with Gasteiger partial charge in [-0.25, -0.2) is 4.79 Å². The summed E-state index contributed by atoms with van der Waals surface area (Å²) in [5.41, 5.74) is 1.52. The fourth-order valence-electron chi connectivity index (χ4n) is 4.96. The molecule has 0 aromatic carbocycles. The number of hydrogen-bond donors (Lipinski definition) is 1. The summed E-state index contributed by atoms with van der Waals surface area (Å²) in [4.78, 5) is 56.9. The highest BCUT2D eigenvalue weighted by Gasteiger charge is 2.40. The molecule has 3 aliphatic heterocycles. The van der Waals surface area contributed by atoms with Crippen LogP contribution in [0.4, 0.5) is 4.79 Å².